The van der Waals surface area contributed by atoms with Gasteiger partial charge in [-0.15, -0.1) is 0 Å². The molecule has 1 atom stereocenters. The largest absolute Gasteiger partial charge is 0.388 e. The van der Waals surface area contributed by atoms with Crippen LogP contribution in [0, 0.1) is 0 Å². The Morgan fingerprint density at radius 3 is 2.13 bits per heavy atom. The Hall–Kier alpha value is -3.23. The first-order valence-corrected chi connectivity index (χ1v) is 10.00. The van der Waals surface area contributed by atoms with Gasteiger partial charge in [-0.3, -0.25) is 14.4 Å². The number of ether oxygens (including phenoxy) is 1. The standard InChI is InChI=1S/C23H27N3O5/c1-24-22(29)21(20(28)14-27)25(2)23(30)17-6-4-15(5-7-17)16-8-10-18(11-9-16)26-12-19(13-26)31-3/h4-11,19,21,27H,12-14H2,1-3H3,(H,24,29). The third-order valence-electron chi connectivity index (χ3n) is 5.54. The molecule has 2 aromatic carbocycles. The number of aliphatic hydroxyl groups is 1. The van der Waals surface area contributed by atoms with Gasteiger partial charge in [-0.1, -0.05) is 24.3 Å². The van der Waals surface area contributed by atoms with E-state index in [1.807, 2.05) is 24.3 Å². The first-order chi connectivity index (χ1) is 14.9. The number of aliphatic hydroxyl groups excluding tert-OH is 1. The summed E-state index contributed by atoms with van der Waals surface area (Å²) in [6, 6.07) is 13.8. The minimum Gasteiger partial charge on any atom is -0.388 e. The molecule has 2 aromatic rings. The molecule has 1 aliphatic heterocycles. The lowest BCUT2D eigenvalue weighted by Gasteiger charge is -2.40. The van der Waals surface area contributed by atoms with Crippen molar-refractivity contribution in [3.05, 3.63) is 54.1 Å². The number of likely N-dealkylation sites (N-methyl/N-ethyl adjacent to an activating group) is 2. The number of hydrogen-bond acceptors (Lipinski definition) is 6. The lowest BCUT2D eigenvalue weighted by Crippen LogP contribution is -2.52. The molecule has 1 fully saturated rings. The van der Waals surface area contributed by atoms with Crippen LogP contribution in [-0.2, 0) is 14.3 Å². The molecule has 2 amide bonds. The van der Waals surface area contributed by atoms with Crippen LogP contribution in [-0.4, -0.2) is 80.7 Å². The number of carbonyl (C=O) groups excluding carboxylic acids is 3. The van der Waals surface area contributed by atoms with Gasteiger partial charge in [0, 0.05) is 45.5 Å². The average Bonchev–Trinajstić information content (AvgIpc) is 2.78. The van der Waals surface area contributed by atoms with Crippen molar-refractivity contribution in [3.8, 4) is 11.1 Å². The second-order valence-corrected chi connectivity index (χ2v) is 7.44. The van der Waals surface area contributed by atoms with E-state index in [9.17, 15) is 14.4 Å². The molecular formula is C23H27N3O5. The summed E-state index contributed by atoms with van der Waals surface area (Å²) in [4.78, 5) is 40.0. The third-order valence-corrected chi connectivity index (χ3v) is 5.54. The highest BCUT2D eigenvalue weighted by atomic mass is 16.5. The van der Waals surface area contributed by atoms with E-state index >= 15 is 0 Å². The van der Waals surface area contributed by atoms with Crippen LogP contribution in [0.2, 0.25) is 0 Å². The van der Waals surface area contributed by atoms with Gasteiger partial charge >= 0.3 is 0 Å². The van der Waals surface area contributed by atoms with Crippen molar-refractivity contribution in [3.63, 3.8) is 0 Å². The summed E-state index contributed by atoms with van der Waals surface area (Å²) in [5.41, 5.74) is 3.44. The van der Waals surface area contributed by atoms with E-state index in [1.165, 1.54) is 14.1 Å². The quantitative estimate of drug-likeness (QED) is 0.611. The number of hydrogen-bond donors (Lipinski definition) is 2. The fourth-order valence-electron chi connectivity index (χ4n) is 3.55. The Bertz CT molecular complexity index is 921. The first kappa shape index (κ1) is 22.5. The lowest BCUT2D eigenvalue weighted by atomic mass is 10.0. The van der Waals surface area contributed by atoms with E-state index in [1.54, 1.807) is 19.2 Å². The van der Waals surface area contributed by atoms with Gasteiger partial charge in [0.25, 0.3) is 5.91 Å². The number of rotatable bonds is 8. The topological polar surface area (TPSA) is 99.2 Å². The molecular weight excluding hydrogens is 398 g/mol. The van der Waals surface area contributed by atoms with Gasteiger partial charge < -0.3 is 25.0 Å². The molecule has 1 aliphatic rings. The zero-order valence-corrected chi connectivity index (χ0v) is 17.9. The van der Waals surface area contributed by atoms with E-state index in [4.69, 9.17) is 9.84 Å². The van der Waals surface area contributed by atoms with Gasteiger partial charge in [-0.05, 0) is 35.4 Å². The van der Waals surface area contributed by atoms with E-state index in [-0.39, 0.29) is 0 Å². The fourth-order valence-corrected chi connectivity index (χ4v) is 3.55. The summed E-state index contributed by atoms with van der Waals surface area (Å²) in [6.07, 6.45) is 0.290. The highest BCUT2D eigenvalue weighted by molar-refractivity contribution is 6.10. The van der Waals surface area contributed by atoms with Gasteiger partial charge in [0.2, 0.25) is 5.91 Å². The van der Waals surface area contributed by atoms with E-state index in [0.717, 1.165) is 34.8 Å². The van der Waals surface area contributed by atoms with Crippen LogP contribution in [0.1, 0.15) is 10.4 Å². The molecule has 3 rings (SSSR count). The number of carbonyl (C=O) groups is 3. The Kier molecular flexibility index (Phi) is 7.04. The number of nitrogens with one attached hydrogen (secondary N) is 1. The molecule has 2 N–H and O–H groups in total. The normalized spacial score (nSPS) is 14.5. The summed E-state index contributed by atoms with van der Waals surface area (Å²) in [7, 11) is 4.46. The number of methoxy groups -OCH3 is 1. The number of Topliss-reactive ketones (excluding diaryl/α,β-unsaturated/α-hetero) is 1. The van der Waals surface area contributed by atoms with Gasteiger partial charge in [-0.25, -0.2) is 0 Å². The van der Waals surface area contributed by atoms with E-state index in [0.29, 0.717) is 11.7 Å². The molecule has 0 bridgehead atoms. The first-order valence-electron chi connectivity index (χ1n) is 10.00. The molecule has 0 aliphatic carbocycles. The highest BCUT2D eigenvalue weighted by Crippen LogP contribution is 2.27. The summed E-state index contributed by atoms with van der Waals surface area (Å²) in [6.45, 7) is 0.945. The third kappa shape index (κ3) is 4.76. The Morgan fingerprint density at radius 2 is 1.65 bits per heavy atom. The van der Waals surface area contributed by atoms with Crippen LogP contribution in [0.3, 0.4) is 0 Å². The fraction of sp³-hybridized carbons (Fsp3) is 0.348. The number of benzene rings is 2. The van der Waals surface area contributed by atoms with Crippen molar-refractivity contribution in [2.75, 3.05) is 45.8 Å². The zero-order valence-electron chi connectivity index (χ0n) is 17.9. The van der Waals surface area contributed by atoms with Crippen molar-refractivity contribution < 1.29 is 24.2 Å². The van der Waals surface area contributed by atoms with Gasteiger partial charge in [-0.2, -0.15) is 0 Å². The smallest absolute Gasteiger partial charge is 0.254 e. The number of ketones is 1. The van der Waals surface area contributed by atoms with E-state index in [2.05, 4.69) is 22.3 Å². The summed E-state index contributed by atoms with van der Waals surface area (Å²) >= 11 is 0. The molecule has 0 saturated carbocycles. The maximum Gasteiger partial charge on any atom is 0.254 e. The van der Waals surface area contributed by atoms with Crippen molar-refractivity contribution in [1.82, 2.24) is 10.2 Å². The maximum atomic E-state index is 12.8. The number of amides is 2. The molecule has 164 valence electrons. The van der Waals surface area contributed by atoms with Crippen molar-refractivity contribution in [2.24, 2.45) is 0 Å². The molecule has 0 radical (unpaired) electrons. The second kappa shape index (κ2) is 9.72. The molecule has 31 heavy (non-hydrogen) atoms. The number of nitrogens with zero attached hydrogens (tertiary/aromatic N) is 2. The Balaban J connectivity index is 1.71. The van der Waals surface area contributed by atoms with E-state index < -0.39 is 30.2 Å². The molecule has 0 spiro atoms. The monoisotopic (exact) mass is 425 g/mol. The Labute approximate surface area is 181 Å². The maximum absolute atomic E-state index is 12.8. The predicted octanol–water partition coefficient (Wildman–Crippen LogP) is 0.937. The van der Waals surface area contributed by atoms with Gasteiger partial charge in [0.05, 0.1) is 6.10 Å². The predicted molar refractivity (Wildman–Crippen MR) is 117 cm³/mol. The molecule has 1 saturated heterocycles. The van der Waals surface area contributed by atoms with Crippen molar-refractivity contribution in [2.45, 2.75) is 12.1 Å². The molecule has 0 aromatic heterocycles. The van der Waals surface area contributed by atoms with Crippen molar-refractivity contribution in [1.29, 1.82) is 0 Å². The average molecular weight is 425 g/mol. The lowest BCUT2D eigenvalue weighted by molar-refractivity contribution is -0.135. The second-order valence-electron chi connectivity index (χ2n) is 7.44. The van der Waals surface area contributed by atoms with Crippen LogP contribution < -0.4 is 10.2 Å². The van der Waals surface area contributed by atoms with Gasteiger partial charge in [0.15, 0.2) is 11.8 Å². The van der Waals surface area contributed by atoms with Crippen LogP contribution in [0.4, 0.5) is 5.69 Å². The molecule has 1 unspecified atom stereocenters. The van der Waals surface area contributed by atoms with Crippen LogP contribution in [0.5, 0.6) is 0 Å². The minimum absolute atomic E-state index is 0.290. The van der Waals surface area contributed by atoms with Crippen molar-refractivity contribution >= 4 is 23.3 Å². The summed E-state index contributed by atoms with van der Waals surface area (Å²) in [5.74, 6) is -1.88. The summed E-state index contributed by atoms with van der Waals surface area (Å²) < 4.78 is 5.31. The van der Waals surface area contributed by atoms with Crippen LogP contribution >= 0.6 is 0 Å². The number of anilines is 1. The molecule has 1 heterocycles. The van der Waals surface area contributed by atoms with Crippen LogP contribution in [0.15, 0.2) is 48.5 Å². The molecule has 8 nitrogen and oxygen atoms in total. The molecule has 8 heteroatoms. The Morgan fingerprint density at radius 1 is 1.10 bits per heavy atom. The zero-order chi connectivity index (χ0) is 22.5. The SMILES string of the molecule is CNC(=O)C(C(=O)CO)N(C)C(=O)c1ccc(-c2ccc(N3CC(OC)C3)cc2)cc1. The van der Waals surface area contributed by atoms with Crippen LogP contribution in [0.25, 0.3) is 11.1 Å². The minimum atomic E-state index is -1.38. The highest BCUT2D eigenvalue weighted by Gasteiger charge is 2.32. The summed E-state index contributed by atoms with van der Waals surface area (Å²) in [5, 5.41) is 11.5. The van der Waals surface area contributed by atoms with Gasteiger partial charge in [0.1, 0.15) is 6.61 Å².